The zero-order valence-electron chi connectivity index (χ0n) is 9.42. The first-order chi connectivity index (χ1) is 6.97. The maximum Gasteiger partial charge on any atom is 0.314 e. The predicted octanol–water partition coefficient (Wildman–Crippen LogP) is 2.73. The quantitative estimate of drug-likeness (QED) is 0.804. The second-order valence-corrected chi connectivity index (χ2v) is 4.64. The van der Waals surface area contributed by atoms with Gasteiger partial charge < -0.3 is 5.11 Å². The van der Waals surface area contributed by atoms with Crippen molar-refractivity contribution in [3.8, 4) is 0 Å². The molecule has 0 bridgehead atoms. The van der Waals surface area contributed by atoms with E-state index in [-0.39, 0.29) is 0 Å². The van der Waals surface area contributed by atoms with Gasteiger partial charge in [0.05, 0.1) is 5.41 Å². The molecule has 1 aliphatic rings. The van der Waals surface area contributed by atoms with Crippen molar-refractivity contribution >= 4 is 5.97 Å². The maximum atomic E-state index is 11.2. The van der Waals surface area contributed by atoms with Crippen LogP contribution in [-0.4, -0.2) is 11.1 Å². The third kappa shape index (κ3) is 1.44. The molecule has 1 saturated carbocycles. The van der Waals surface area contributed by atoms with E-state index in [9.17, 15) is 9.90 Å². The Bertz CT molecular complexity index is 428. The van der Waals surface area contributed by atoms with Crippen LogP contribution < -0.4 is 0 Å². The molecule has 0 heterocycles. The first-order valence-electron chi connectivity index (χ1n) is 5.29. The van der Waals surface area contributed by atoms with Crippen molar-refractivity contribution in [1.82, 2.24) is 0 Å². The SMILES string of the molecule is Cc1cc(C)c(C2(C(=O)O)CC2)cc1C. The molecule has 2 heteroatoms. The molecule has 2 rings (SSSR count). The van der Waals surface area contributed by atoms with Crippen LogP contribution in [0.5, 0.6) is 0 Å². The Balaban J connectivity index is 2.54. The number of carboxylic acids is 1. The van der Waals surface area contributed by atoms with Crippen molar-refractivity contribution in [3.63, 3.8) is 0 Å². The molecule has 15 heavy (non-hydrogen) atoms. The lowest BCUT2D eigenvalue weighted by Crippen LogP contribution is -2.21. The topological polar surface area (TPSA) is 37.3 Å². The van der Waals surface area contributed by atoms with Gasteiger partial charge in [-0.25, -0.2) is 0 Å². The molecule has 0 aromatic heterocycles. The average Bonchev–Trinajstić information content (AvgIpc) is 2.92. The molecule has 0 aliphatic heterocycles. The molecule has 0 unspecified atom stereocenters. The highest BCUT2D eigenvalue weighted by Crippen LogP contribution is 2.49. The summed E-state index contributed by atoms with van der Waals surface area (Å²) in [6, 6.07) is 4.14. The molecule has 1 aromatic rings. The summed E-state index contributed by atoms with van der Waals surface area (Å²) >= 11 is 0. The summed E-state index contributed by atoms with van der Waals surface area (Å²) in [5, 5.41) is 9.24. The summed E-state index contributed by atoms with van der Waals surface area (Å²) in [6.45, 7) is 6.10. The number of rotatable bonds is 2. The molecule has 0 spiro atoms. The molecule has 2 nitrogen and oxygen atoms in total. The van der Waals surface area contributed by atoms with Crippen molar-refractivity contribution in [2.24, 2.45) is 0 Å². The summed E-state index contributed by atoms with van der Waals surface area (Å²) in [5.74, 6) is -0.672. The molecule has 0 amide bonds. The zero-order chi connectivity index (χ0) is 11.2. The Morgan fingerprint density at radius 1 is 1.13 bits per heavy atom. The first kappa shape index (κ1) is 10.2. The predicted molar refractivity (Wildman–Crippen MR) is 59.2 cm³/mol. The second-order valence-electron chi connectivity index (χ2n) is 4.64. The molecule has 1 aliphatic carbocycles. The molecule has 1 aromatic carbocycles. The van der Waals surface area contributed by atoms with Gasteiger partial charge in [-0.3, -0.25) is 4.79 Å². The normalized spacial score (nSPS) is 17.5. The van der Waals surface area contributed by atoms with Crippen molar-refractivity contribution in [2.75, 3.05) is 0 Å². The van der Waals surface area contributed by atoms with Gasteiger partial charge in [0.2, 0.25) is 0 Å². The summed E-state index contributed by atoms with van der Waals surface area (Å²) in [4.78, 5) is 11.2. The van der Waals surface area contributed by atoms with Gasteiger partial charge >= 0.3 is 5.97 Å². The third-order valence-corrected chi connectivity index (χ3v) is 3.52. The van der Waals surface area contributed by atoms with Gasteiger partial charge in [-0.15, -0.1) is 0 Å². The molecular formula is C13H16O2. The van der Waals surface area contributed by atoms with Crippen LogP contribution in [-0.2, 0) is 10.2 Å². The van der Waals surface area contributed by atoms with Gasteiger partial charge in [0, 0.05) is 0 Å². The van der Waals surface area contributed by atoms with Crippen molar-refractivity contribution in [1.29, 1.82) is 0 Å². The fraction of sp³-hybridized carbons (Fsp3) is 0.462. The van der Waals surface area contributed by atoms with Crippen LogP contribution in [0.2, 0.25) is 0 Å². The van der Waals surface area contributed by atoms with E-state index in [0.717, 1.165) is 24.0 Å². The molecule has 0 atom stereocenters. The Morgan fingerprint density at radius 2 is 1.67 bits per heavy atom. The van der Waals surface area contributed by atoms with Gasteiger partial charge in [-0.05, 0) is 55.9 Å². The molecular weight excluding hydrogens is 188 g/mol. The zero-order valence-corrected chi connectivity index (χ0v) is 9.42. The smallest absolute Gasteiger partial charge is 0.314 e. The summed E-state index contributed by atoms with van der Waals surface area (Å²) in [6.07, 6.45) is 1.57. The summed E-state index contributed by atoms with van der Waals surface area (Å²) in [5.41, 5.74) is 3.97. The van der Waals surface area contributed by atoms with E-state index >= 15 is 0 Å². The van der Waals surface area contributed by atoms with E-state index < -0.39 is 11.4 Å². The number of hydrogen-bond acceptors (Lipinski definition) is 1. The third-order valence-electron chi connectivity index (χ3n) is 3.52. The highest BCUT2D eigenvalue weighted by atomic mass is 16.4. The van der Waals surface area contributed by atoms with Crippen LogP contribution in [0.25, 0.3) is 0 Å². The van der Waals surface area contributed by atoms with Gasteiger partial charge in [-0.1, -0.05) is 12.1 Å². The largest absolute Gasteiger partial charge is 0.481 e. The summed E-state index contributed by atoms with van der Waals surface area (Å²) < 4.78 is 0. The van der Waals surface area contributed by atoms with Crippen LogP contribution in [0.4, 0.5) is 0 Å². The fourth-order valence-electron chi connectivity index (χ4n) is 2.20. The standard InChI is InChI=1S/C13H16O2/c1-8-6-10(3)11(7-9(8)2)13(4-5-13)12(14)15/h6-7H,4-5H2,1-3H3,(H,14,15). The summed E-state index contributed by atoms with van der Waals surface area (Å²) in [7, 11) is 0. The minimum atomic E-state index is -0.672. The second kappa shape index (κ2) is 3.09. The van der Waals surface area contributed by atoms with E-state index in [0.29, 0.717) is 0 Å². The lowest BCUT2D eigenvalue weighted by molar-refractivity contribution is -0.140. The van der Waals surface area contributed by atoms with Crippen LogP contribution >= 0.6 is 0 Å². The van der Waals surface area contributed by atoms with Gasteiger partial charge in [0.25, 0.3) is 0 Å². The van der Waals surface area contributed by atoms with Gasteiger partial charge in [-0.2, -0.15) is 0 Å². The van der Waals surface area contributed by atoms with Crippen LogP contribution in [0.3, 0.4) is 0 Å². The van der Waals surface area contributed by atoms with E-state index in [2.05, 4.69) is 13.0 Å². The minimum absolute atomic E-state index is 0.567. The lowest BCUT2D eigenvalue weighted by Gasteiger charge is -2.15. The molecule has 1 fully saturated rings. The van der Waals surface area contributed by atoms with Crippen molar-refractivity contribution in [2.45, 2.75) is 39.0 Å². The van der Waals surface area contributed by atoms with E-state index in [4.69, 9.17) is 0 Å². The number of aryl methyl sites for hydroxylation is 3. The van der Waals surface area contributed by atoms with E-state index in [1.807, 2.05) is 19.9 Å². The monoisotopic (exact) mass is 204 g/mol. The van der Waals surface area contributed by atoms with Crippen LogP contribution in [0, 0.1) is 20.8 Å². The Morgan fingerprint density at radius 3 is 2.13 bits per heavy atom. The number of aliphatic carboxylic acids is 1. The lowest BCUT2D eigenvalue weighted by atomic mass is 9.89. The van der Waals surface area contributed by atoms with Gasteiger partial charge in [0.15, 0.2) is 0 Å². The highest BCUT2D eigenvalue weighted by molar-refractivity contribution is 5.85. The number of hydrogen-bond donors (Lipinski definition) is 1. The minimum Gasteiger partial charge on any atom is -0.481 e. The molecule has 80 valence electrons. The van der Waals surface area contributed by atoms with Gasteiger partial charge in [0.1, 0.15) is 0 Å². The van der Waals surface area contributed by atoms with E-state index in [1.165, 1.54) is 11.1 Å². The first-order valence-corrected chi connectivity index (χ1v) is 5.29. The number of carbonyl (C=O) groups is 1. The maximum absolute atomic E-state index is 11.2. The van der Waals surface area contributed by atoms with E-state index in [1.54, 1.807) is 0 Å². The van der Waals surface area contributed by atoms with Crippen LogP contribution in [0.1, 0.15) is 35.1 Å². The highest BCUT2D eigenvalue weighted by Gasteiger charge is 2.52. The van der Waals surface area contributed by atoms with Crippen molar-refractivity contribution < 1.29 is 9.90 Å². The molecule has 0 saturated heterocycles. The van der Waals surface area contributed by atoms with Crippen LogP contribution in [0.15, 0.2) is 12.1 Å². The number of carboxylic acid groups (broad SMARTS) is 1. The number of benzene rings is 1. The fourth-order valence-corrected chi connectivity index (χ4v) is 2.20. The van der Waals surface area contributed by atoms with Crippen molar-refractivity contribution in [3.05, 3.63) is 34.4 Å². The molecule has 1 N–H and O–H groups in total. The Kier molecular flexibility index (Phi) is 2.10. The Hall–Kier alpha value is -1.31. The molecule has 0 radical (unpaired) electrons. The Labute approximate surface area is 89.9 Å². The average molecular weight is 204 g/mol.